The Morgan fingerprint density at radius 2 is 1.77 bits per heavy atom. The number of nitrogens with zero attached hydrogens (tertiary/aromatic N) is 2. The van der Waals surface area contributed by atoms with E-state index in [9.17, 15) is 9.59 Å². The van der Waals surface area contributed by atoms with Crippen LogP contribution in [0.2, 0.25) is 0 Å². The number of anilines is 1. The number of hydrogen-bond acceptors (Lipinski definition) is 6. The van der Waals surface area contributed by atoms with Crippen LogP contribution in [0.1, 0.15) is 60.6 Å². The molecule has 0 unspecified atom stereocenters. The topological polar surface area (TPSA) is 84.1 Å². The smallest absolute Gasteiger partial charge is 0.429 e. The highest BCUT2D eigenvalue weighted by molar-refractivity contribution is 6.06. The molecule has 2 aliphatic rings. The van der Waals surface area contributed by atoms with E-state index < -0.39 is 6.09 Å². The zero-order chi connectivity index (χ0) is 24.6. The van der Waals surface area contributed by atoms with E-state index in [-0.39, 0.29) is 11.5 Å². The summed E-state index contributed by atoms with van der Waals surface area (Å²) in [6, 6.07) is 13.4. The van der Waals surface area contributed by atoms with Crippen molar-refractivity contribution >= 4 is 28.7 Å². The van der Waals surface area contributed by atoms with Gasteiger partial charge in [-0.2, -0.15) is 5.01 Å². The molecule has 8 nitrogen and oxygen atoms in total. The van der Waals surface area contributed by atoms with Crippen LogP contribution in [0.3, 0.4) is 0 Å². The van der Waals surface area contributed by atoms with Crippen LogP contribution in [0, 0.1) is 0 Å². The number of benzene rings is 2. The van der Waals surface area contributed by atoms with Crippen LogP contribution >= 0.6 is 0 Å². The molecule has 1 amide bonds. The SMILES string of the molecule is CCOC(=O)c1ccc2c3c([nH]c2c1)C1(CCCCC1)N(Cc1ccc(OC)cc1)N3C(=O)OC. The molecule has 1 saturated carbocycles. The number of esters is 1. The molecule has 184 valence electrons. The van der Waals surface area contributed by atoms with Crippen molar-refractivity contribution in [1.29, 1.82) is 0 Å². The fourth-order valence-electron chi connectivity index (χ4n) is 5.57. The zero-order valence-corrected chi connectivity index (χ0v) is 20.4. The van der Waals surface area contributed by atoms with Crippen LogP contribution in [0.25, 0.3) is 10.9 Å². The van der Waals surface area contributed by atoms with Gasteiger partial charge in [-0.3, -0.25) is 0 Å². The molecule has 1 aliphatic carbocycles. The van der Waals surface area contributed by atoms with Crippen LogP contribution in [0.5, 0.6) is 5.75 Å². The van der Waals surface area contributed by atoms with Crippen molar-refractivity contribution in [3.05, 3.63) is 59.3 Å². The Morgan fingerprint density at radius 1 is 1.03 bits per heavy atom. The van der Waals surface area contributed by atoms with Gasteiger partial charge in [0.25, 0.3) is 0 Å². The maximum absolute atomic E-state index is 13.3. The minimum absolute atomic E-state index is 0.317. The number of hydrogen-bond donors (Lipinski definition) is 1. The molecule has 0 bridgehead atoms. The third kappa shape index (κ3) is 3.82. The molecule has 0 saturated heterocycles. The first kappa shape index (κ1) is 23.2. The molecule has 35 heavy (non-hydrogen) atoms. The Hall–Kier alpha value is -3.52. The third-order valence-corrected chi connectivity index (χ3v) is 7.21. The first-order chi connectivity index (χ1) is 17.0. The first-order valence-electron chi connectivity index (χ1n) is 12.1. The number of carbonyl (C=O) groups excluding carboxylic acids is 2. The normalized spacial score (nSPS) is 16.9. The standard InChI is InChI=1S/C27H31N3O5/c1-4-35-25(31)19-10-13-21-22(16-19)28-24-23(21)30(26(32)34-3)29(27(24)14-6-5-7-15-27)17-18-8-11-20(33-2)12-9-18/h8-13,16,28H,4-7,14-15,17H2,1-3H3. The Labute approximate surface area is 204 Å². The number of aromatic amines is 1. The molecule has 0 atom stereocenters. The number of H-pyrrole nitrogens is 1. The summed E-state index contributed by atoms with van der Waals surface area (Å²) in [6.45, 7) is 2.65. The number of nitrogens with one attached hydrogen (secondary N) is 1. The number of ether oxygens (including phenoxy) is 3. The van der Waals surface area contributed by atoms with Gasteiger partial charge in [0, 0.05) is 17.4 Å². The number of amides is 1. The average molecular weight is 478 g/mol. The molecule has 2 aromatic carbocycles. The summed E-state index contributed by atoms with van der Waals surface area (Å²) in [4.78, 5) is 29.2. The molecule has 1 fully saturated rings. The Kier molecular flexibility index (Phi) is 6.15. The number of rotatable bonds is 5. The lowest BCUT2D eigenvalue weighted by Crippen LogP contribution is -2.53. The molecule has 2 heterocycles. The van der Waals surface area contributed by atoms with E-state index in [4.69, 9.17) is 14.2 Å². The Morgan fingerprint density at radius 3 is 2.43 bits per heavy atom. The van der Waals surface area contributed by atoms with Crippen LogP contribution in [-0.4, -0.2) is 42.9 Å². The fraction of sp³-hybridized carbons (Fsp3) is 0.407. The number of hydrazine groups is 1. The molecular formula is C27H31N3O5. The molecule has 1 aliphatic heterocycles. The van der Waals surface area contributed by atoms with E-state index in [1.165, 1.54) is 13.5 Å². The predicted octanol–water partition coefficient (Wildman–Crippen LogP) is 5.52. The van der Waals surface area contributed by atoms with Gasteiger partial charge < -0.3 is 19.2 Å². The monoisotopic (exact) mass is 477 g/mol. The molecular weight excluding hydrogens is 446 g/mol. The first-order valence-corrected chi connectivity index (χ1v) is 12.1. The lowest BCUT2D eigenvalue weighted by molar-refractivity contribution is 0.0411. The lowest BCUT2D eigenvalue weighted by atomic mass is 9.79. The molecule has 8 heteroatoms. The number of fused-ring (bicyclic) bond motifs is 4. The molecule has 1 aromatic heterocycles. The molecule has 3 aromatic rings. The van der Waals surface area contributed by atoms with Crippen LogP contribution < -0.4 is 9.75 Å². The quantitative estimate of drug-likeness (QED) is 0.488. The van der Waals surface area contributed by atoms with Crippen molar-refractivity contribution in [2.75, 3.05) is 25.8 Å². The largest absolute Gasteiger partial charge is 0.497 e. The summed E-state index contributed by atoms with van der Waals surface area (Å²) in [5.74, 6) is 0.434. The van der Waals surface area contributed by atoms with Crippen LogP contribution in [0.15, 0.2) is 42.5 Å². The van der Waals surface area contributed by atoms with Gasteiger partial charge in [-0.25, -0.2) is 14.6 Å². The van der Waals surface area contributed by atoms with E-state index >= 15 is 0 Å². The van der Waals surface area contributed by atoms with Gasteiger partial charge in [0.05, 0.1) is 43.3 Å². The van der Waals surface area contributed by atoms with Gasteiger partial charge in [0.15, 0.2) is 0 Å². The Balaban J connectivity index is 1.64. The van der Waals surface area contributed by atoms with Crippen molar-refractivity contribution in [3.63, 3.8) is 0 Å². The highest BCUT2D eigenvalue weighted by Crippen LogP contribution is 2.55. The summed E-state index contributed by atoms with van der Waals surface area (Å²) in [7, 11) is 3.06. The molecule has 5 rings (SSSR count). The van der Waals surface area contributed by atoms with Crippen LogP contribution in [-0.2, 0) is 21.6 Å². The van der Waals surface area contributed by atoms with E-state index in [1.807, 2.05) is 36.4 Å². The third-order valence-electron chi connectivity index (χ3n) is 7.21. The van der Waals surface area contributed by atoms with E-state index in [0.717, 1.165) is 59.3 Å². The van der Waals surface area contributed by atoms with E-state index in [2.05, 4.69) is 9.99 Å². The van der Waals surface area contributed by atoms with Crippen molar-refractivity contribution in [1.82, 2.24) is 9.99 Å². The van der Waals surface area contributed by atoms with Crippen LogP contribution in [0.4, 0.5) is 10.5 Å². The summed E-state index contributed by atoms with van der Waals surface area (Å²) in [6.07, 6.45) is 4.70. The summed E-state index contributed by atoms with van der Waals surface area (Å²) in [5, 5.41) is 4.73. The minimum atomic E-state index is -0.433. The minimum Gasteiger partial charge on any atom is -0.497 e. The average Bonchev–Trinajstić information content (AvgIpc) is 3.38. The maximum atomic E-state index is 13.3. The highest BCUT2D eigenvalue weighted by Gasteiger charge is 2.54. The highest BCUT2D eigenvalue weighted by atomic mass is 16.5. The van der Waals surface area contributed by atoms with Gasteiger partial charge in [-0.05, 0) is 55.7 Å². The Bertz CT molecular complexity index is 1240. The van der Waals surface area contributed by atoms with Gasteiger partial charge >= 0.3 is 12.1 Å². The second kappa shape index (κ2) is 9.26. The number of aromatic nitrogens is 1. The molecule has 0 radical (unpaired) electrons. The maximum Gasteiger partial charge on any atom is 0.429 e. The van der Waals surface area contributed by atoms with Gasteiger partial charge in [0.2, 0.25) is 0 Å². The number of carbonyl (C=O) groups is 2. The van der Waals surface area contributed by atoms with Gasteiger partial charge in [0.1, 0.15) is 5.75 Å². The second-order valence-corrected chi connectivity index (χ2v) is 9.11. The summed E-state index contributed by atoms with van der Waals surface area (Å²) < 4.78 is 15.8. The summed E-state index contributed by atoms with van der Waals surface area (Å²) in [5.41, 5.74) is 3.80. The fourth-order valence-corrected chi connectivity index (χ4v) is 5.57. The second-order valence-electron chi connectivity index (χ2n) is 9.11. The van der Waals surface area contributed by atoms with Crippen molar-refractivity contribution in [2.45, 2.75) is 51.1 Å². The summed E-state index contributed by atoms with van der Waals surface area (Å²) >= 11 is 0. The van der Waals surface area contributed by atoms with Crippen molar-refractivity contribution in [3.8, 4) is 5.75 Å². The van der Waals surface area contributed by atoms with Gasteiger partial charge in [-0.15, -0.1) is 0 Å². The molecule has 1 N–H and O–H groups in total. The van der Waals surface area contributed by atoms with Gasteiger partial charge in [-0.1, -0.05) is 31.4 Å². The van der Waals surface area contributed by atoms with Crippen molar-refractivity contribution < 1.29 is 23.8 Å². The predicted molar refractivity (Wildman–Crippen MR) is 132 cm³/mol. The number of methoxy groups -OCH3 is 2. The molecule has 1 spiro atoms. The zero-order valence-electron chi connectivity index (χ0n) is 20.4. The van der Waals surface area contributed by atoms with E-state index in [1.54, 1.807) is 25.1 Å². The van der Waals surface area contributed by atoms with Crippen molar-refractivity contribution in [2.24, 2.45) is 0 Å². The lowest BCUT2D eigenvalue weighted by Gasteiger charge is -2.43. The van der Waals surface area contributed by atoms with E-state index in [0.29, 0.717) is 18.7 Å².